The number of H-pyrrole nitrogens is 1. The summed E-state index contributed by atoms with van der Waals surface area (Å²) in [5, 5.41) is 8.96. The Bertz CT molecular complexity index is 318. The number of aromatic nitrogens is 2. The van der Waals surface area contributed by atoms with Crippen LogP contribution in [0.4, 0.5) is 0 Å². The molecule has 1 aromatic rings. The van der Waals surface area contributed by atoms with Crippen molar-refractivity contribution in [2.75, 3.05) is 7.11 Å². The van der Waals surface area contributed by atoms with Crippen molar-refractivity contribution in [1.29, 1.82) is 0 Å². The third-order valence-corrected chi connectivity index (χ3v) is 1.24. The Hall–Kier alpha value is -1.52. The monoisotopic (exact) mass is 156 g/mol. The molecule has 11 heavy (non-hydrogen) atoms. The van der Waals surface area contributed by atoms with Gasteiger partial charge >= 0.3 is 0 Å². The van der Waals surface area contributed by atoms with Crippen molar-refractivity contribution >= 4 is 0 Å². The molecule has 1 rings (SSSR count). The maximum absolute atomic E-state index is 10.8. The number of rotatable bonds is 1. The van der Waals surface area contributed by atoms with Gasteiger partial charge in [-0.25, -0.2) is 0 Å². The Morgan fingerprint density at radius 2 is 2.27 bits per heavy atom. The summed E-state index contributed by atoms with van der Waals surface area (Å²) >= 11 is 0. The standard InChI is InChI=1S/C6H8N2O3/c1-3-4(9)5(10)8-6(7-3)11-2/h9H,1-2H3,(H,7,8,10). The van der Waals surface area contributed by atoms with Crippen LogP contribution in [-0.4, -0.2) is 22.2 Å². The molecule has 60 valence electrons. The molecule has 0 bridgehead atoms. The lowest BCUT2D eigenvalue weighted by Crippen LogP contribution is -2.10. The molecule has 0 saturated heterocycles. The zero-order chi connectivity index (χ0) is 8.43. The maximum Gasteiger partial charge on any atom is 0.296 e. The van der Waals surface area contributed by atoms with E-state index in [0.717, 1.165) is 0 Å². The predicted molar refractivity (Wildman–Crippen MR) is 37.8 cm³/mol. The van der Waals surface area contributed by atoms with Crippen molar-refractivity contribution in [3.05, 3.63) is 16.0 Å². The highest BCUT2D eigenvalue weighted by Crippen LogP contribution is 2.07. The predicted octanol–water partition coefficient (Wildman–Crippen LogP) is -0.207. The fourth-order valence-electron chi connectivity index (χ4n) is 0.651. The quantitative estimate of drug-likeness (QED) is 0.590. The molecule has 0 saturated carbocycles. The molecule has 1 heterocycles. The second kappa shape index (κ2) is 2.61. The van der Waals surface area contributed by atoms with E-state index < -0.39 is 5.56 Å². The highest BCUT2D eigenvalue weighted by Gasteiger charge is 2.04. The smallest absolute Gasteiger partial charge is 0.296 e. The van der Waals surface area contributed by atoms with Crippen LogP contribution in [0.1, 0.15) is 5.69 Å². The summed E-state index contributed by atoms with van der Waals surface area (Å²) in [4.78, 5) is 16.7. The van der Waals surface area contributed by atoms with E-state index in [1.54, 1.807) is 0 Å². The van der Waals surface area contributed by atoms with Gasteiger partial charge in [0, 0.05) is 0 Å². The highest BCUT2D eigenvalue weighted by molar-refractivity contribution is 5.22. The summed E-state index contributed by atoms with van der Waals surface area (Å²) in [6.45, 7) is 1.52. The van der Waals surface area contributed by atoms with E-state index in [2.05, 4.69) is 14.7 Å². The number of hydrogen-bond acceptors (Lipinski definition) is 4. The number of ether oxygens (including phenoxy) is 1. The number of methoxy groups -OCH3 is 1. The van der Waals surface area contributed by atoms with Gasteiger partial charge in [-0.15, -0.1) is 0 Å². The van der Waals surface area contributed by atoms with Gasteiger partial charge in [-0.1, -0.05) is 0 Å². The van der Waals surface area contributed by atoms with Crippen LogP contribution < -0.4 is 10.3 Å². The Morgan fingerprint density at radius 1 is 1.64 bits per heavy atom. The van der Waals surface area contributed by atoms with E-state index in [-0.39, 0.29) is 17.5 Å². The number of nitrogens with zero attached hydrogens (tertiary/aromatic N) is 1. The molecule has 5 nitrogen and oxygen atoms in total. The van der Waals surface area contributed by atoms with Crippen molar-refractivity contribution < 1.29 is 9.84 Å². The minimum atomic E-state index is -0.589. The molecule has 0 amide bonds. The molecule has 5 heteroatoms. The van der Waals surface area contributed by atoms with E-state index in [1.807, 2.05) is 0 Å². The van der Waals surface area contributed by atoms with Crippen LogP contribution in [0.2, 0.25) is 0 Å². The first-order valence-corrected chi connectivity index (χ1v) is 2.99. The van der Waals surface area contributed by atoms with E-state index >= 15 is 0 Å². The van der Waals surface area contributed by atoms with E-state index in [4.69, 9.17) is 5.11 Å². The SMILES string of the molecule is COc1nc(C)c(O)c(=O)[nH]1. The maximum atomic E-state index is 10.8. The lowest BCUT2D eigenvalue weighted by Gasteiger charge is -1.99. The summed E-state index contributed by atoms with van der Waals surface area (Å²) in [5.74, 6) is -0.370. The zero-order valence-corrected chi connectivity index (χ0v) is 6.21. The minimum Gasteiger partial charge on any atom is -0.502 e. The van der Waals surface area contributed by atoms with Gasteiger partial charge in [0.05, 0.1) is 12.8 Å². The molecule has 0 atom stereocenters. The fraction of sp³-hybridized carbons (Fsp3) is 0.333. The third kappa shape index (κ3) is 1.31. The van der Waals surface area contributed by atoms with Crippen LogP contribution >= 0.6 is 0 Å². The second-order valence-corrected chi connectivity index (χ2v) is 2.01. The van der Waals surface area contributed by atoms with Crippen molar-refractivity contribution in [1.82, 2.24) is 9.97 Å². The van der Waals surface area contributed by atoms with Crippen LogP contribution in [-0.2, 0) is 0 Å². The Morgan fingerprint density at radius 3 is 2.73 bits per heavy atom. The van der Waals surface area contributed by atoms with Gasteiger partial charge in [-0.05, 0) is 6.92 Å². The Kier molecular flexibility index (Phi) is 1.80. The lowest BCUT2D eigenvalue weighted by molar-refractivity contribution is 0.369. The molecular formula is C6H8N2O3. The first-order valence-electron chi connectivity index (χ1n) is 2.99. The summed E-state index contributed by atoms with van der Waals surface area (Å²) in [5.41, 5.74) is -0.333. The number of hydrogen-bond donors (Lipinski definition) is 2. The lowest BCUT2D eigenvalue weighted by atomic mass is 10.4. The topological polar surface area (TPSA) is 75.2 Å². The first-order chi connectivity index (χ1) is 5.15. The van der Waals surface area contributed by atoms with Gasteiger partial charge in [-0.2, -0.15) is 4.98 Å². The average Bonchev–Trinajstić information content (AvgIpc) is 1.99. The summed E-state index contributed by atoms with van der Waals surface area (Å²) in [7, 11) is 1.38. The summed E-state index contributed by atoms with van der Waals surface area (Å²) < 4.78 is 4.65. The summed E-state index contributed by atoms with van der Waals surface area (Å²) in [6.07, 6.45) is 0. The van der Waals surface area contributed by atoms with E-state index in [0.29, 0.717) is 0 Å². The molecule has 0 aliphatic rings. The van der Waals surface area contributed by atoms with Gasteiger partial charge in [0.25, 0.3) is 11.6 Å². The Labute approximate surface area is 62.7 Å². The van der Waals surface area contributed by atoms with Crippen LogP contribution in [0.5, 0.6) is 11.8 Å². The Balaban J connectivity index is 3.32. The van der Waals surface area contributed by atoms with Gasteiger partial charge < -0.3 is 9.84 Å². The molecular weight excluding hydrogens is 148 g/mol. The normalized spacial score (nSPS) is 9.64. The van der Waals surface area contributed by atoms with Crippen LogP contribution in [0.15, 0.2) is 4.79 Å². The first kappa shape index (κ1) is 7.59. The third-order valence-electron chi connectivity index (χ3n) is 1.24. The van der Waals surface area contributed by atoms with Gasteiger partial charge in [-0.3, -0.25) is 9.78 Å². The van der Waals surface area contributed by atoms with Crippen molar-refractivity contribution in [2.24, 2.45) is 0 Å². The molecule has 0 aliphatic heterocycles. The van der Waals surface area contributed by atoms with Crippen LogP contribution in [0.25, 0.3) is 0 Å². The second-order valence-electron chi connectivity index (χ2n) is 2.01. The molecule has 0 aliphatic carbocycles. The molecule has 1 aromatic heterocycles. The largest absolute Gasteiger partial charge is 0.502 e. The van der Waals surface area contributed by atoms with Gasteiger partial charge in [0.2, 0.25) is 5.75 Å². The van der Waals surface area contributed by atoms with E-state index in [1.165, 1.54) is 14.0 Å². The van der Waals surface area contributed by atoms with Crippen molar-refractivity contribution in [3.8, 4) is 11.8 Å². The number of aryl methyl sites for hydroxylation is 1. The molecule has 0 aromatic carbocycles. The van der Waals surface area contributed by atoms with Crippen molar-refractivity contribution in [2.45, 2.75) is 6.92 Å². The number of aromatic amines is 1. The van der Waals surface area contributed by atoms with Crippen LogP contribution in [0.3, 0.4) is 0 Å². The molecule has 0 fully saturated rings. The van der Waals surface area contributed by atoms with Gasteiger partial charge in [0.1, 0.15) is 0 Å². The molecule has 2 N–H and O–H groups in total. The van der Waals surface area contributed by atoms with Crippen LogP contribution in [0, 0.1) is 6.92 Å². The van der Waals surface area contributed by atoms with E-state index in [9.17, 15) is 4.79 Å². The number of aromatic hydroxyl groups is 1. The molecule has 0 spiro atoms. The highest BCUT2D eigenvalue weighted by atomic mass is 16.5. The minimum absolute atomic E-state index is 0.102. The molecule has 0 unspecified atom stereocenters. The summed E-state index contributed by atoms with van der Waals surface area (Å²) in [6, 6.07) is 0.102. The zero-order valence-electron chi connectivity index (χ0n) is 6.21. The average molecular weight is 156 g/mol. The van der Waals surface area contributed by atoms with Crippen molar-refractivity contribution in [3.63, 3.8) is 0 Å². The number of nitrogens with one attached hydrogen (secondary N) is 1. The van der Waals surface area contributed by atoms with Gasteiger partial charge in [0.15, 0.2) is 0 Å². The molecule has 0 radical (unpaired) electrons. The fourth-order valence-corrected chi connectivity index (χ4v) is 0.651.